The molecule has 11 nitrogen and oxygen atoms in total. The van der Waals surface area contributed by atoms with E-state index in [-0.39, 0.29) is 32.0 Å². The summed E-state index contributed by atoms with van der Waals surface area (Å²) in [4.78, 5) is 56.2. The molecule has 0 radical (unpaired) electrons. The number of allylic oxidation sites excluding steroid dienone is 2. The van der Waals surface area contributed by atoms with Crippen molar-refractivity contribution in [1.29, 1.82) is 0 Å². The Morgan fingerprint density at radius 3 is 2.19 bits per heavy atom. The van der Waals surface area contributed by atoms with Crippen LogP contribution < -0.4 is 16.0 Å². The zero-order chi connectivity index (χ0) is 27.6. The molecule has 0 aromatic carbocycles. The summed E-state index contributed by atoms with van der Waals surface area (Å²) in [5, 5.41) is 8.61. The minimum Gasteiger partial charge on any atom is -0.382 e. The van der Waals surface area contributed by atoms with E-state index in [1.807, 2.05) is 13.0 Å². The van der Waals surface area contributed by atoms with Crippen LogP contribution in [0.4, 0.5) is 0 Å². The number of aromatic nitrogens is 1. The number of carbonyl (C=O) groups is 4. The maximum Gasteiger partial charge on any atom is 0.263 e. The smallest absolute Gasteiger partial charge is 0.263 e. The van der Waals surface area contributed by atoms with E-state index in [9.17, 15) is 19.2 Å². The lowest BCUT2D eigenvalue weighted by Gasteiger charge is -2.25. The van der Waals surface area contributed by atoms with E-state index in [0.717, 1.165) is 6.42 Å². The molecule has 12 heteroatoms. The zero-order valence-corrected chi connectivity index (χ0v) is 22.7. The fraction of sp³-hybridized carbons (Fsp3) is 0.560. The molecule has 0 aliphatic carbocycles. The monoisotopic (exact) mass is 536 g/mol. The van der Waals surface area contributed by atoms with E-state index >= 15 is 0 Å². The lowest BCUT2D eigenvalue weighted by atomic mass is 9.94. The number of carbonyl (C=O) groups excluding carboxylic acids is 4. The first kappa shape index (κ1) is 30.3. The molecule has 1 aliphatic heterocycles. The van der Waals surface area contributed by atoms with Gasteiger partial charge < -0.3 is 30.2 Å². The molecule has 37 heavy (non-hydrogen) atoms. The normalized spacial score (nSPS) is 19.1. The molecule has 1 saturated heterocycles. The van der Waals surface area contributed by atoms with Crippen LogP contribution in [0.25, 0.3) is 0 Å². The van der Waals surface area contributed by atoms with Gasteiger partial charge in [0, 0.05) is 14.2 Å². The number of ether oxygens (including phenoxy) is 3. The molecule has 1 aliphatic rings. The number of amides is 3. The quantitative estimate of drug-likeness (QED) is 0.210. The molecule has 1 fully saturated rings. The van der Waals surface area contributed by atoms with Crippen LogP contribution in [0.1, 0.15) is 41.4 Å². The Morgan fingerprint density at radius 2 is 1.70 bits per heavy atom. The molecule has 2 rings (SSSR count). The van der Waals surface area contributed by atoms with Crippen molar-refractivity contribution >= 4 is 34.8 Å². The van der Waals surface area contributed by atoms with Crippen LogP contribution >= 0.6 is 11.3 Å². The van der Waals surface area contributed by atoms with E-state index in [2.05, 4.69) is 27.5 Å². The Bertz CT molecular complexity index is 1020. The van der Waals surface area contributed by atoms with Gasteiger partial charge in [-0.2, -0.15) is 0 Å². The third-order valence-corrected chi connectivity index (χ3v) is 6.47. The zero-order valence-electron chi connectivity index (χ0n) is 21.9. The van der Waals surface area contributed by atoms with Crippen LogP contribution in [0, 0.1) is 6.92 Å². The minimum atomic E-state index is -1.14. The summed E-state index contributed by atoms with van der Waals surface area (Å²) in [7, 11) is 2.77. The number of rotatable bonds is 16. The SMILES string of the molecule is C=C(C=CCC)CC(NC(=O)C(COC)NC(=O)C(COC)NC(=O)c1cnc(C)s1)C(=O)C1(C)CO1. The van der Waals surface area contributed by atoms with Gasteiger partial charge in [0.05, 0.1) is 37.1 Å². The standard InChI is InChI=1S/C25H36N4O7S/c1-7-8-9-15(2)10-17(21(30)25(4)14-36-25)27-22(31)18(12-34-5)28-23(32)19(13-35-6)29-24(33)20-11-26-16(3)37-20/h8-9,11,17-19H,2,7,10,12-14H2,1,3-6H3,(H,27,31)(H,28,32)(H,29,33). The highest BCUT2D eigenvalue weighted by molar-refractivity contribution is 7.13. The topological polar surface area (TPSA) is 148 Å². The highest BCUT2D eigenvalue weighted by Gasteiger charge is 2.50. The number of Topliss-reactive ketones (excluding diaryl/α,β-unsaturated/α-hetero) is 1. The van der Waals surface area contributed by atoms with Gasteiger partial charge >= 0.3 is 0 Å². The van der Waals surface area contributed by atoms with Crippen molar-refractivity contribution in [3.8, 4) is 0 Å². The highest BCUT2D eigenvalue weighted by atomic mass is 32.1. The van der Waals surface area contributed by atoms with Gasteiger partial charge in [-0.15, -0.1) is 11.3 Å². The van der Waals surface area contributed by atoms with E-state index in [1.165, 1.54) is 31.8 Å². The first-order valence-electron chi connectivity index (χ1n) is 11.9. The predicted octanol–water partition coefficient (Wildman–Crippen LogP) is 1.08. The number of epoxide rings is 1. The second-order valence-corrected chi connectivity index (χ2v) is 10.1. The van der Waals surface area contributed by atoms with E-state index < -0.39 is 41.4 Å². The summed E-state index contributed by atoms with van der Waals surface area (Å²) in [6.45, 7) is 9.35. The number of thiazole rings is 1. The molecule has 3 amide bonds. The van der Waals surface area contributed by atoms with Crippen LogP contribution in [0.5, 0.6) is 0 Å². The van der Waals surface area contributed by atoms with Crippen LogP contribution in [-0.4, -0.2) is 86.3 Å². The third kappa shape index (κ3) is 9.15. The lowest BCUT2D eigenvalue weighted by Crippen LogP contribution is -2.58. The number of methoxy groups -OCH3 is 2. The van der Waals surface area contributed by atoms with Gasteiger partial charge in [0.1, 0.15) is 22.6 Å². The summed E-state index contributed by atoms with van der Waals surface area (Å²) < 4.78 is 15.5. The maximum atomic E-state index is 13.2. The molecule has 0 spiro atoms. The Morgan fingerprint density at radius 1 is 1.14 bits per heavy atom. The van der Waals surface area contributed by atoms with Crippen LogP contribution in [0.3, 0.4) is 0 Å². The first-order valence-corrected chi connectivity index (χ1v) is 12.7. The largest absolute Gasteiger partial charge is 0.382 e. The van der Waals surface area contributed by atoms with Crippen LogP contribution in [0.2, 0.25) is 0 Å². The van der Waals surface area contributed by atoms with E-state index in [4.69, 9.17) is 14.2 Å². The van der Waals surface area contributed by atoms with Crippen LogP contribution in [-0.2, 0) is 28.6 Å². The first-order chi connectivity index (χ1) is 17.5. The fourth-order valence-electron chi connectivity index (χ4n) is 3.38. The second-order valence-electron chi connectivity index (χ2n) is 8.86. The summed E-state index contributed by atoms with van der Waals surface area (Å²) in [6, 6.07) is -3.13. The van der Waals surface area contributed by atoms with Crippen molar-refractivity contribution in [2.45, 2.75) is 57.3 Å². The van der Waals surface area contributed by atoms with Gasteiger partial charge in [0.15, 0.2) is 5.78 Å². The molecule has 0 bridgehead atoms. The number of nitrogens with zero attached hydrogens (tertiary/aromatic N) is 1. The number of hydrogen-bond acceptors (Lipinski definition) is 9. The van der Waals surface area contributed by atoms with Crippen molar-refractivity contribution in [2.75, 3.05) is 34.0 Å². The molecule has 4 unspecified atom stereocenters. The number of hydrogen-bond donors (Lipinski definition) is 3. The van der Waals surface area contributed by atoms with Gasteiger partial charge in [-0.1, -0.05) is 31.2 Å². The molecule has 4 atom stereocenters. The van der Waals surface area contributed by atoms with Crippen molar-refractivity contribution in [2.24, 2.45) is 0 Å². The summed E-state index contributed by atoms with van der Waals surface area (Å²) >= 11 is 1.19. The molecule has 204 valence electrons. The average molecular weight is 537 g/mol. The molecule has 1 aromatic rings. The average Bonchev–Trinajstić information content (AvgIpc) is 3.46. The molecule has 0 saturated carbocycles. The van der Waals surface area contributed by atoms with Crippen molar-refractivity contribution < 1.29 is 33.4 Å². The molecule has 3 N–H and O–H groups in total. The predicted molar refractivity (Wildman–Crippen MR) is 138 cm³/mol. The fourth-order valence-corrected chi connectivity index (χ4v) is 4.06. The molecule has 2 heterocycles. The maximum absolute atomic E-state index is 13.2. The Balaban J connectivity index is 2.12. The third-order valence-electron chi connectivity index (χ3n) is 5.55. The van der Waals surface area contributed by atoms with Gasteiger partial charge in [0.25, 0.3) is 5.91 Å². The second kappa shape index (κ2) is 14.1. The summed E-state index contributed by atoms with van der Waals surface area (Å²) in [5.41, 5.74) is -0.298. The molecule has 1 aromatic heterocycles. The van der Waals surface area contributed by atoms with E-state index in [0.29, 0.717) is 15.5 Å². The number of ketones is 1. The van der Waals surface area contributed by atoms with Crippen LogP contribution in [0.15, 0.2) is 30.5 Å². The van der Waals surface area contributed by atoms with Gasteiger partial charge in [0.2, 0.25) is 11.8 Å². The van der Waals surface area contributed by atoms with E-state index in [1.54, 1.807) is 19.9 Å². The minimum absolute atomic E-state index is 0.128. The van der Waals surface area contributed by atoms with Crippen molar-refractivity contribution in [3.05, 3.63) is 40.4 Å². The summed E-state index contributed by atoms with van der Waals surface area (Å²) in [5.74, 6) is -2.04. The Hall–Kier alpha value is -2.93. The lowest BCUT2D eigenvalue weighted by molar-refractivity contribution is -0.134. The van der Waals surface area contributed by atoms with Gasteiger partial charge in [-0.25, -0.2) is 4.98 Å². The number of nitrogens with one attached hydrogen (secondary N) is 3. The molecular formula is C25H36N4O7S. The Labute approximate surface area is 221 Å². The van der Waals surface area contributed by atoms with Crippen molar-refractivity contribution in [1.82, 2.24) is 20.9 Å². The van der Waals surface area contributed by atoms with Gasteiger partial charge in [-0.3, -0.25) is 19.2 Å². The van der Waals surface area contributed by atoms with Crippen molar-refractivity contribution in [3.63, 3.8) is 0 Å². The van der Waals surface area contributed by atoms with Gasteiger partial charge in [-0.05, 0) is 26.7 Å². The molecular weight excluding hydrogens is 500 g/mol. The summed E-state index contributed by atoms with van der Waals surface area (Å²) in [6.07, 6.45) is 6.12. The highest BCUT2D eigenvalue weighted by Crippen LogP contribution is 2.29. The number of aryl methyl sites for hydroxylation is 1. The Kier molecular flexibility index (Phi) is 11.6.